The highest BCUT2D eigenvalue weighted by Crippen LogP contribution is 2.46. The second-order valence-corrected chi connectivity index (χ2v) is 9.57. The zero-order chi connectivity index (χ0) is 25.2. The third kappa shape index (κ3) is 4.54. The third-order valence-corrected chi connectivity index (χ3v) is 7.19. The number of aromatic nitrogens is 1. The van der Waals surface area contributed by atoms with Gasteiger partial charge in [-0.15, -0.1) is 0 Å². The Kier molecular flexibility index (Phi) is 6.66. The fourth-order valence-corrected chi connectivity index (χ4v) is 5.32. The summed E-state index contributed by atoms with van der Waals surface area (Å²) in [6.45, 7) is 2.42. The number of benzene rings is 3. The minimum Gasteiger partial charge on any atom is -0.497 e. The van der Waals surface area contributed by atoms with E-state index in [1.807, 2.05) is 60.7 Å². The van der Waals surface area contributed by atoms with E-state index in [1.165, 1.54) is 0 Å². The molecule has 182 valence electrons. The molecule has 4 aromatic rings. The average Bonchev–Trinajstić information content (AvgIpc) is 3.32. The number of rotatable bonds is 6. The van der Waals surface area contributed by atoms with E-state index in [4.69, 9.17) is 16.3 Å². The first-order valence-electron chi connectivity index (χ1n) is 12.0. The largest absolute Gasteiger partial charge is 0.497 e. The standard InChI is InChI=1S/C30H27ClN2O3/c1-18-24(20-8-4-3-5-9-20)16-25(34)29-26(18)27(28(33-29)21-11-13-23(36-2)14-12-21)30(35)32-17-19-7-6-10-22(31)15-19/h3-15,18,24,33H,16-17H2,1-2H3,(H,32,35)/t18-,24+/m0/s1. The molecule has 5 nitrogen and oxygen atoms in total. The van der Waals surface area contributed by atoms with Gasteiger partial charge in [0.2, 0.25) is 0 Å². The SMILES string of the molecule is COc1ccc(-c2[nH]c3c(c2C(=O)NCc2cccc(Cl)c2)[C@@H](C)[C@H](c2ccccc2)CC3=O)cc1. The maximum atomic E-state index is 13.7. The van der Waals surface area contributed by atoms with Gasteiger partial charge in [-0.05, 0) is 70.5 Å². The number of amides is 1. The van der Waals surface area contributed by atoms with Crippen LogP contribution < -0.4 is 10.1 Å². The number of carbonyl (C=O) groups is 2. The van der Waals surface area contributed by atoms with Crippen LogP contribution in [-0.4, -0.2) is 23.8 Å². The number of Topliss-reactive ketones (excluding diaryl/α,β-unsaturated/α-hetero) is 1. The zero-order valence-corrected chi connectivity index (χ0v) is 20.9. The lowest BCUT2D eigenvalue weighted by Crippen LogP contribution is -2.27. The molecule has 1 aliphatic carbocycles. The summed E-state index contributed by atoms with van der Waals surface area (Å²) in [7, 11) is 1.61. The van der Waals surface area contributed by atoms with Crippen molar-refractivity contribution >= 4 is 23.3 Å². The van der Waals surface area contributed by atoms with Crippen molar-refractivity contribution in [1.82, 2.24) is 10.3 Å². The molecule has 0 saturated heterocycles. The minimum absolute atomic E-state index is 0.00908. The van der Waals surface area contributed by atoms with E-state index < -0.39 is 0 Å². The van der Waals surface area contributed by atoms with Crippen LogP contribution in [0.25, 0.3) is 11.3 Å². The fourth-order valence-electron chi connectivity index (χ4n) is 5.10. The van der Waals surface area contributed by atoms with Crippen molar-refractivity contribution in [3.05, 3.63) is 112 Å². The van der Waals surface area contributed by atoms with Crippen molar-refractivity contribution < 1.29 is 14.3 Å². The number of ether oxygens (including phenoxy) is 1. The predicted molar refractivity (Wildman–Crippen MR) is 142 cm³/mol. The molecule has 2 atom stereocenters. The quantitative estimate of drug-likeness (QED) is 0.309. The first kappa shape index (κ1) is 23.9. The van der Waals surface area contributed by atoms with Gasteiger partial charge >= 0.3 is 0 Å². The molecule has 0 radical (unpaired) electrons. The molecule has 0 fully saturated rings. The highest BCUT2D eigenvalue weighted by Gasteiger charge is 2.38. The van der Waals surface area contributed by atoms with Crippen molar-refractivity contribution in [1.29, 1.82) is 0 Å². The Morgan fingerprint density at radius 2 is 1.78 bits per heavy atom. The van der Waals surface area contributed by atoms with Gasteiger partial charge in [-0.25, -0.2) is 0 Å². The minimum atomic E-state index is -0.230. The van der Waals surface area contributed by atoms with Crippen LogP contribution in [0.4, 0.5) is 0 Å². The summed E-state index contributed by atoms with van der Waals surface area (Å²) >= 11 is 6.13. The van der Waals surface area contributed by atoms with Gasteiger partial charge in [-0.1, -0.05) is 61.0 Å². The molecule has 3 aromatic carbocycles. The van der Waals surface area contributed by atoms with E-state index in [2.05, 4.69) is 29.4 Å². The number of hydrogen-bond acceptors (Lipinski definition) is 3. The van der Waals surface area contributed by atoms with E-state index in [0.29, 0.717) is 34.9 Å². The lowest BCUT2D eigenvalue weighted by molar-refractivity contribution is 0.0948. The number of nitrogens with one attached hydrogen (secondary N) is 2. The molecule has 1 heterocycles. The first-order valence-corrected chi connectivity index (χ1v) is 12.3. The Balaban J connectivity index is 1.59. The topological polar surface area (TPSA) is 71.2 Å². The molecular formula is C30H27ClN2O3. The number of halogens is 1. The Bertz CT molecular complexity index is 1410. The molecule has 6 heteroatoms. The van der Waals surface area contributed by atoms with Crippen LogP contribution in [0.5, 0.6) is 5.75 Å². The maximum Gasteiger partial charge on any atom is 0.254 e. The fraction of sp³-hybridized carbons (Fsp3) is 0.200. The van der Waals surface area contributed by atoms with Gasteiger partial charge in [-0.3, -0.25) is 9.59 Å². The Morgan fingerprint density at radius 3 is 2.47 bits per heavy atom. The van der Waals surface area contributed by atoms with Crippen molar-refractivity contribution in [2.45, 2.75) is 31.7 Å². The average molecular weight is 499 g/mol. The molecule has 0 saturated carbocycles. The van der Waals surface area contributed by atoms with Crippen LogP contribution in [0.1, 0.15) is 62.7 Å². The van der Waals surface area contributed by atoms with Crippen molar-refractivity contribution in [3.8, 4) is 17.0 Å². The second kappa shape index (κ2) is 10.0. The molecule has 0 unspecified atom stereocenters. The van der Waals surface area contributed by atoms with Crippen LogP contribution in [0, 0.1) is 0 Å². The van der Waals surface area contributed by atoms with E-state index in [-0.39, 0.29) is 23.5 Å². The molecule has 1 amide bonds. The van der Waals surface area contributed by atoms with Crippen LogP contribution in [0.3, 0.4) is 0 Å². The first-order chi connectivity index (χ1) is 17.5. The Morgan fingerprint density at radius 1 is 1.03 bits per heavy atom. The van der Waals surface area contributed by atoms with Gasteiger partial charge in [0.1, 0.15) is 5.75 Å². The van der Waals surface area contributed by atoms with Crippen LogP contribution in [0.15, 0.2) is 78.9 Å². The van der Waals surface area contributed by atoms with Crippen LogP contribution in [0.2, 0.25) is 5.02 Å². The van der Waals surface area contributed by atoms with Gasteiger partial charge in [0.15, 0.2) is 5.78 Å². The number of ketones is 1. The number of aromatic amines is 1. The van der Waals surface area contributed by atoms with Crippen molar-refractivity contribution in [2.75, 3.05) is 7.11 Å². The lowest BCUT2D eigenvalue weighted by atomic mass is 9.73. The van der Waals surface area contributed by atoms with Crippen molar-refractivity contribution in [2.24, 2.45) is 0 Å². The Hall–Kier alpha value is -3.83. The number of carbonyl (C=O) groups excluding carboxylic acids is 2. The van der Waals surface area contributed by atoms with Gasteiger partial charge < -0.3 is 15.0 Å². The zero-order valence-electron chi connectivity index (χ0n) is 20.2. The van der Waals surface area contributed by atoms with Gasteiger partial charge in [0.25, 0.3) is 5.91 Å². The lowest BCUT2D eigenvalue weighted by Gasteiger charge is -2.29. The van der Waals surface area contributed by atoms with E-state index >= 15 is 0 Å². The van der Waals surface area contributed by atoms with Crippen molar-refractivity contribution in [3.63, 3.8) is 0 Å². The number of hydrogen-bond donors (Lipinski definition) is 2. The highest BCUT2D eigenvalue weighted by atomic mass is 35.5. The summed E-state index contributed by atoms with van der Waals surface area (Å²) in [5.41, 5.74) is 5.26. The summed E-state index contributed by atoms with van der Waals surface area (Å²) in [4.78, 5) is 30.4. The molecular weight excluding hydrogens is 472 g/mol. The molecule has 5 rings (SSSR count). The summed E-state index contributed by atoms with van der Waals surface area (Å²) in [5.74, 6) is 0.461. The van der Waals surface area contributed by atoms with Gasteiger partial charge in [0, 0.05) is 18.0 Å². The second-order valence-electron chi connectivity index (χ2n) is 9.14. The molecule has 0 aliphatic heterocycles. The van der Waals surface area contributed by atoms with E-state index in [1.54, 1.807) is 13.2 Å². The number of fused-ring (bicyclic) bond motifs is 1. The molecule has 2 N–H and O–H groups in total. The van der Waals surface area contributed by atoms with E-state index in [0.717, 1.165) is 28.0 Å². The summed E-state index contributed by atoms with van der Waals surface area (Å²) in [6, 6.07) is 24.9. The smallest absolute Gasteiger partial charge is 0.254 e. The summed E-state index contributed by atoms with van der Waals surface area (Å²) in [5, 5.41) is 3.66. The predicted octanol–water partition coefficient (Wildman–Crippen LogP) is 6.75. The van der Waals surface area contributed by atoms with Gasteiger partial charge in [-0.2, -0.15) is 0 Å². The van der Waals surface area contributed by atoms with Gasteiger partial charge in [0.05, 0.1) is 24.1 Å². The maximum absolute atomic E-state index is 13.7. The molecule has 0 spiro atoms. The van der Waals surface area contributed by atoms with Crippen LogP contribution >= 0.6 is 11.6 Å². The van der Waals surface area contributed by atoms with E-state index in [9.17, 15) is 9.59 Å². The molecule has 0 bridgehead atoms. The normalized spacial score (nSPS) is 16.9. The van der Waals surface area contributed by atoms with Crippen LogP contribution in [-0.2, 0) is 6.54 Å². The molecule has 36 heavy (non-hydrogen) atoms. The highest BCUT2D eigenvalue weighted by molar-refractivity contribution is 6.30. The number of methoxy groups -OCH3 is 1. The molecule has 1 aliphatic rings. The monoisotopic (exact) mass is 498 g/mol. The summed E-state index contributed by atoms with van der Waals surface area (Å²) in [6.07, 6.45) is 0.393. The number of H-pyrrole nitrogens is 1. The molecule has 1 aromatic heterocycles. The third-order valence-electron chi connectivity index (χ3n) is 6.96. The summed E-state index contributed by atoms with van der Waals surface area (Å²) < 4.78 is 5.30. The Labute approximate surface area is 215 Å².